The van der Waals surface area contributed by atoms with Crippen molar-refractivity contribution in [1.29, 1.82) is 0 Å². The Balaban J connectivity index is 2.08. The maximum atomic E-state index is 9.57. The minimum atomic E-state index is -0.163. The third kappa shape index (κ3) is 4.96. The fraction of sp³-hybridized carbons (Fsp3) is 1.00. The summed E-state index contributed by atoms with van der Waals surface area (Å²) in [5.41, 5.74) is 0. The lowest BCUT2D eigenvalue weighted by Gasteiger charge is -2.32. The van der Waals surface area contributed by atoms with E-state index in [4.69, 9.17) is 0 Å². The second-order valence-electron chi connectivity index (χ2n) is 4.73. The molecular weight excluding hydrogens is 188 g/mol. The highest BCUT2D eigenvalue weighted by molar-refractivity contribution is 4.76. The van der Waals surface area contributed by atoms with Crippen LogP contribution in [0.5, 0.6) is 0 Å². The topological polar surface area (TPSA) is 35.5 Å². The van der Waals surface area contributed by atoms with Crippen molar-refractivity contribution in [3.8, 4) is 0 Å². The lowest BCUT2D eigenvalue weighted by atomic mass is 10.0. The average Bonchev–Trinajstić information content (AvgIpc) is 2.21. The number of aliphatic hydroxyl groups is 1. The fourth-order valence-corrected chi connectivity index (χ4v) is 2.25. The Morgan fingerprint density at radius 1 is 1.47 bits per heavy atom. The highest BCUT2D eigenvalue weighted by atomic mass is 16.3. The standard InChI is InChI=1S/C12H26N2O/c1-3-6-12(15)10-13-9-11-7-4-5-8-14(11)2/h11-13,15H,3-10H2,1-2H3. The predicted octanol–water partition coefficient (Wildman–Crippen LogP) is 1.22. The quantitative estimate of drug-likeness (QED) is 0.698. The number of nitrogens with one attached hydrogen (secondary N) is 1. The Hall–Kier alpha value is -0.120. The molecular formula is C12H26N2O. The van der Waals surface area contributed by atoms with E-state index in [9.17, 15) is 5.11 Å². The molecule has 0 aliphatic carbocycles. The van der Waals surface area contributed by atoms with Crippen LogP contribution in [0.2, 0.25) is 0 Å². The van der Waals surface area contributed by atoms with Gasteiger partial charge in [-0.15, -0.1) is 0 Å². The van der Waals surface area contributed by atoms with Gasteiger partial charge >= 0.3 is 0 Å². The molecule has 1 fully saturated rings. The summed E-state index contributed by atoms with van der Waals surface area (Å²) in [6.07, 6.45) is 5.80. The van der Waals surface area contributed by atoms with Crippen molar-refractivity contribution in [3.05, 3.63) is 0 Å². The van der Waals surface area contributed by atoms with Crippen molar-refractivity contribution in [2.45, 2.75) is 51.2 Å². The van der Waals surface area contributed by atoms with Crippen LogP contribution in [-0.2, 0) is 0 Å². The summed E-state index contributed by atoms with van der Waals surface area (Å²) in [7, 11) is 2.20. The second-order valence-corrected chi connectivity index (χ2v) is 4.73. The van der Waals surface area contributed by atoms with Gasteiger partial charge in [-0.3, -0.25) is 0 Å². The first-order valence-corrected chi connectivity index (χ1v) is 6.33. The van der Waals surface area contributed by atoms with Crippen LogP contribution in [0.4, 0.5) is 0 Å². The molecule has 2 unspecified atom stereocenters. The number of likely N-dealkylation sites (tertiary alicyclic amines) is 1. The third-order valence-corrected chi connectivity index (χ3v) is 3.30. The fourth-order valence-electron chi connectivity index (χ4n) is 2.25. The van der Waals surface area contributed by atoms with Crippen molar-refractivity contribution in [2.24, 2.45) is 0 Å². The van der Waals surface area contributed by atoms with Crippen LogP contribution >= 0.6 is 0 Å². The lowest BCUT2D eigenvalue weighted by Crippen LogP contribution is -2.44. The molecule has 0 amide bonds. The van der Waals surface area contributed by atoms with Crippen molar-refractivity contribution in [3.63, 3.8) is 0 Å². The Morgan fingerprint density at radius 2 is 2.27 bits per heavy atom. The zero-order valence-corrected chi connectivity index (χ0v) is 10.2. The summed E-state index contributed by atoms with van der Waals surface area (Å²) in [6, 6.07) is 0.674. The van der Waals surface area contributed by atoms with Crippen LogP contribution in [0, 0.1) is 0 Å². The van der Waals surface area contributed by atoms with E-state index in [1.54, 1.807) is 0 Å². The Bertz CT molecular complexity index is 164. The van der Waals surface area contributed by atoms with Crippen molar-refractivity contribution in [1.82, 2.24) is 10.2 Å². The van der Waals surface area contributed by atoms with Crippen molar-refractivity contribution in [2.75, 3.05) is 26.7 Å². The van der Waals surface area contributed by atoms with E-state index in [1.807, 2.05) is 0 Å². The maximum Gasteiger partial charge on any atom is 0.0664 e. The molecule has 0 radical (unpaired) electrons. The van der Waals surface area contributed by atoms with E-state index in [1.165, 1.54) is 25.8 Å². The Kier molecular flexibility index (Phi) is 6.22. The van der Waals surface area contributed by atoms with Crippen LogP contribution in [-0.4, -0.2) is 48.8 Å². The Morgan fingerprint density at radius 3 is 2.93 bits per heavy atom. The van der Waals surface area contributed by atoms with E-state index < -0.39 is 0 Å². The van der Waals surface area contributed by atoms with Crippen molar-refractivity contribution < 1.29 is 5.11 Å². The number of nitrogens with zero attached hydrogens (tertiary/aromatic N) is 1. The molecule has 15 heavy (non-hydrogen) atoms. The summed E-state index contributed by atoms with van der Waals surface area (Å²) in [5.74, 6) is 0. The largest absolute Gasteiger partial charge is 0.392 e. The zero-order valence-electron chi connectivity index (χ0n) is 10.2. The Labute approximate surface area is 93.9 Å². The van der Waals surface area contributed by atoms with Gasteiger partial charge in [-0.1, -0.05) is 19.8 Å². The van der Waals surface area contributed by atoms with Gasteiger partial charge in [0, 0.05) is 19.1 Å². The van der Waals surface area contributed by atoms with Crippen LogP contribution < -0.4 is 5.32 Å². The van der Waals surface area contributed by atoms with E-state index >= 15 is 0 Å². The summed E-state index contributed by atoms with van der Waals surface area (Å²) >= 11 is 0. The molecule has 0 bridgehead atoms. The van der Waals surface area contributed by atoms with E-state index in [2.05, 4.69) is 24.2 Å². The summed E-state index contributed by atoms with van der Waals surface area (Å²) in [4.78, 5) is 2.43. The second kappa shape index (κ2) is 7.20. The molecule has 90 valence electrons. The highest BCUT2D eigenvalue weighted by Crippen LogP contribution is 2.13. The van der Waals surface area contributed by atoms with Gasteiger partial charge in [0.1, 0.15) is 0 Å². The third-order valence-electron chi connectivity index (χ3n) is 3.30. The molecule has 0 spiro atoms. The van der Waals surface area contributed by atoms with Gasteiger partial charge in [-0.05, 0) is 32.9 Å². The molecule has 3 nitrogen and oxygen atoms in total. The van der Waals surface area contributed by atoms with Gasteiger partial charge in [0.05, 0.1) is 6.10 Å². The van der Waals surface area contributed by atoms with Gasteiger partial charge in [0.15, 0.2) is 0 Å². The van der Waals surface area contributed by atoms with Gasteiger partial charge in [0.25, 0.3) is 0 Å². The van der Waals surface area contributed by atoms with E-state index in [0.29, 0.717) is 6.04 Å². The molecule has 3 heteroatoms. The molecule has 0 aromatic carbocycles. The number of hydrogen-bond donors (Lipinski definition) is 2. The first-order valence-electron chi connectivity index (χ1n) is 6.33. The molecule has 2 atom stereocenters. The van der Waals surface area contributed by atoms with Crippen LogP contribution in [0.3, 0.4) is 0 Å². The summed E-state index contributed by atoms with van der Waals surface area (Å²) < 4.78 is 0. The van der Waals surface area contributed by atoms with Crippen molar-refractivity contribution >= 4 is 0 Å². The average molecular weight is 214 g/mol. The number of piperidine rings is 1. The van der Waals surface area contributed by atoms with Crippen LogP contribution in [0.1, 0.15) is 39.0 Å². The number of aliphatic hydroxyl groups excluding tert-OH is 1. The minimum Gasteiger partial charge on any atom is -0.392 e. The van der Waals surface area contributed by atoms with Crippen LogP contribution in [0.15, 0.2) is 0 Å². The van der Waals surface area contributed by atoms with Gasteiger partial charge in [-0.2, -0.15) is 0 Å². The molecule has 2 N–H and O–H groups in total. The van der Waals surface area contributed by atoms with E-state index in [-0.39, 0.29) is 6.10 Å². The highest BCUT2D eigenvalue weighted by Gasteiger charge is 2.18. The molecule has 1 aliphatic heterocycles. The first-order chi connectivity index (χ1) is 7.24. The van der Waals surface area contributed by atoms with Gasteiger partial charge in [0.2, 0.25) is 0 Å². The zero-order chi connectivity index (χ0) is 11.1. The molecule has 0 aromatic rings. The predicted molar refractivity (Wildman–Crippen MR) is 64.1 cm³/mol. The molecule has 1 aliphatic rings. The minimum absolute atomic E-state index is 0.163. The van der Waals surface area contributed by atoms with Gasteiger partial charge < -0.3 is 15.3 Å². The smallest absolute Gasteiger partial charge is 0.0664 e. The molecule has 0 saturated carbocycles. The molecule has 1 saturated heterocycles. The summed E-state index contributed by atoms with van der Waals surface area (Å²) in [6.45, 7) is 5.11. The van der Waals surface area contributed by atoms with E-state index in [0.717, 1.165) is 25.9 Å². The number of rotatable bonds is 6. The summed E-state index contributed by atoms with van der Waals surface area (Å²) in [5, 5.41) is 12.9. The maximum absolute atomic E-state index is 9.57. The van der Waals surface area contributed by atoms with Gasteiger partial charge in [-0.25, -0.2) is 0 Å². The first kappa shape index (κ1) is 12.9. The lowest BCUT2D eigenvalue weighted by molar-refractivity contribution is 0.145. The number of hydrogen-bond acceptors (Lipinski definition) is 3. The SMILES string of the molecule is CCCC(O)CNCC1CCCCN1C. The molecule has 1 heterocycles. The van der Waals surface area contributed by atoms with Crippen LogP contribution in [0.25, 0.3) is 0 Å². The molecule has 0 aromatic heterocycles. The number of likely N-dealkylation sites (N-methyl/N-ethyl adjacent to an activating group) is 1. The molecule has 1 rings (SSSR count). The normalized spacial score (nSPS) is 25.4. The monoisotopic (exact) mass is 214 g/mol.